The van der Waals surface area contributed by atoms with Crippen molar-refractivity contribution in [2.75, 3.05) is 32.7 Å². The molecule has 90 valence electrons. The molecule has 4 heteroatoms. The molecule has 3 unspecified atom stereocenters. The van der Waals surface area contributed by atoms with Crippen molar-refractivity contribution < 1.29 is 4.79 Å². The average Bonchev–Trinajstić information content (AvgIpc) is 2.86. The Labute approximate surface area is 97.0 Å². The summed E-state index contributed by atoms with van der Waals surface area (Å²) in [6.45, 7) is 7.72. The molecule has 0 aromatic heterocycles. The predicted octanol–water partition coefficient (Wildman–Crippen LogP) is -0.0991. The van der Waals surface area contributed by atoms with Gasteiger partial charge in [-0.1, -0.05) is 6.92 Å². The first kappa shape index (κ1) is 10.5. The van der Waals surface area contributed by atoms with Crippen LogP contribution < -0.4 is 5.32 Å². The minimum atomic E-state index is 0.377. The highest BCUT2D eigenvalue weighted by Gasteiger charge is 2.39. The van der Waals surface area contributed by atoms with E-state index >= 15 is 0 Å². The van der Waals surface area contributed by atoms with Crippen molar-refractivity contribution >= 4 is 5.91 Å². The number of hydrogen-bond acceptors (Lipinski definition) is 3. The molecule has 3 heterocycles. The van der Waals surface area contributed by atoms with E-state index in [-0.39, 0.29) is 0 Å². The van der Waals surface area contributed by atoms with Crippen molar-refractivity contribution in [2.24, 2.45) is 5.92 Å². The third kappa shape index (κ3) is 1.64. The first-order chi connectivity index (χ1) is 7.75. The molecule has 0 aromatic rings. The maximum Gasteiger partial charge on any atom is 0.222 e. The third-order valence-corrected chi connectivity index (χ3v) is 4.47. The Kier molecular flexibility index (Phi) is 2.64. The molecule has 0 spiro atoms. The standard InChI is InChI=1S/C12H21N3O/c1-9-6-13-7-11(9)14-4-5-15-10(8-14)2-3-12(15)16/h9-11,13H,2-8H2,1H3. The van der Waals surface area contributed by atoms with E-state index in [0.29, 0.717) is 18.0 Å². The summed E-state index contributed by atoms with van der Waals surface area (Å²) in [6, 6.07) is 1.20. The number of piperazine rings is 1. The first-order valence-electron chi connectivity index (χ1n) is 6.50. The van der Waals surface area contributed by atoms with Crippen LogP contribution in [0.5, 0.6) is 0 Å². The van der Waals surface area contributed by atoms with Gasteiger partial charge in [-0.2, -0.15) is 0 Å². The zero-order chi connectivity index (χ0) is 11.1. The van der Waals surface area contributed by atoms with E-state index in [0.717, 1.165) is 51.5 Å². The van der Waals surface area contributed by atoms with E-state index in [9.17, 15) is 4.79 Å². The number of amides is 1. The van der Waals surface area contributed by atoms with Gasteiger partial charge in [0.15, 0.2) is 0 Å². The number of hydrogen-bond donors (Lipinski definition) is 1. The van der Waals surface area contributed by atoms with Gasteiger partial charge in [0.05, 0.1) is 0 Å². The second-order valence-corrected chi connectivity index (χ2v) is 5.48. The van der Waals surface area contributed by atoms with Crippen LogP contribution in [-0.2, 0) is 4.79 Å². The SMILES string of the molecule is CC1CNCC1N1CCN2C(=O)CCC2C1. The van der Waals surface area contributed by atoms with Crippen LogP contribution in [0.1, 0.15) is 19.8 Å². The lowest BCUT2D eigenvalue weighted by Gasteiger charge is -2.41. The molecule has 0 aromatic carbocycles. The Morgan fingerprint density at radius 2 is 2.19 bits per heavy atom. The van der Waals surface area contributed by atoms with Crippen LogP contribution >= 0.6 is 0 Å². The number of carbonyl (C=O) groups is 1. The van der Waals surface area contributed by atoms with Crippen molar-refractivity contribution in [2.45, 2.75) is 31.8 Å². The molecule has 1 amide bonds. The van der Waals surface area contributed by atoms with Gasteiger partial charge in [0, 0.05) is 44.7 Å². The van der Waals surface area contributed by atoms with Gasteiger partial charge in [-0.25, -0.2) is 0 Å². The smallest absolute Gasteiger partial charge is 0.222 e. The minimum absolute atomic E-state index is 0.377. The van der Waals surface area contributed by atoms with Crippen molar-refractivity contribution in [1.29, 1.82) is 0 Å². The summed E-state index contributed by atoms with van der Waals surface area (Å²) in [6.07, 6.45) is 1.85. The topological polar surface area (TPSA) is 35.6 Å². The monoisotopic (exact) mass is 223 g/mol. The fourth-order valence-corrected chi connectivity index (χ4v) is 3.47. The Balaban J connectivity index is 1.65. The Morgan fingerprint density at radius 1 is 1.31 bits per heavy atom. The van der Waals surface area contributed by atoms with Gasteiger partial charge in [0.25, 0.3) is 0 Å². The highest BCUT2D eigenvalue weighted by molar-refractivity contribution is 5.78. The van der Waals surface area contributed by atoms with Gasteiger partial charge < -0.3 is 10.2 Å². The van der Waals surface area contributed by atoms with Crippen LogP contribution in [0.2, 0.25) is 0 Å². The van der Waals surface area contributed by atoms with Crippen LogP contribution in [0.25, 0.3) is 0 Å². The van der Waals surface area contributed by atoms with Gasteiger partial charge in [0.1, 0.15) is 0 Å². The molecule has 0 aliphatic carbocycles. The molecule has 0 bridgehead atoms. The lowest BCUT2D eigenvalue weighted by Crippen LogP contribution is -2.55. The van der Waals surface area contributed by atoms with E-state index in [2.05, 4.69) is 22.0 Å². The largest absolute Gasteiger partial charge is 0.337 e. The maximum absolute atomic E-state index is 11.6. The summed E-state index contributed by atoms with van der Waals surface area (Å²) in [5, 5.41) is 3.47. The van der Waals surface area contributed by atoms with Gasteiger partial charge in [-0.05, 0) is 18.9 Å². The number of rotatable bonds is 1. The third-order valence-electron chi connectivity index (χ3n) is 4.47. The van der Waals surface area contributed by atoms with Gasteiger partial charge in [-0.15, -0.1) is 0 Å². The van der Waals surface area contributed by atoms with Gasteiger partial charge in [0.2, 0.25) is 5.91 Å². The second-order valence-electron chi connectivity index (χ2n) is 5.48. The molecular weight excluding hydrogens is 202 g/mol. The van der Waals surface area contributed by atoms with E-state index < -0.39 is 0 Å². The summed E-state index contributed by atoms with van der Waals surface area (Å²) in [4.78, 5) is 16.3. The predicted molar refractivity (Wildman–Crippen MR) is 62.1 cm³/mol. The van der Waals surface area contributed by atoms with Crippen LogP contribution in [0.3, 0.4) is 0 Å². The highest BCUT2D eigenvalue weighted by Crippen LogP contribution is 2.26. The van der Waals surface area contributed by atoms with E-state index in [1.165, 1.54) is 0 Å². The molecule has 3 fully saturated rings. The highest BCUT2D eigenvalue weighted by atomic mass is 16.2. The molecule has 3 aliphatic rings. The molecule has 3 rings (SSSR count). The van der Waals surface area contributed by atoms with Crippen LogP contribution in [0.15, 0.2) is 0 Å². The second kappa shape index (κ2) is 4.00. The average molecular weight is 223 g/mol. The Bertz CT molecular complexity index is 294. The van der Waals surface area contributed by atoms with Crippen molar-refractivity contribution in [3.63, 3.8) is 0 Å². The number of fused-ring (bicyclic) bond motifs is 1. The summed E-state index contributed by atoms with van der Waals surface area (Å²) in [5.74, 6) is 1.13. The summed E-state index contributed by atoms with van der Waals surface area (Å²) in [7, 11) is 0. The fourth-order valence-electron chi connectivity index (χ4n) is 3.47. The van der Waals surface area contributed by atoms with Crippen LogP contribution in [-0.4, -0.2) is 60.5 Å². The van der Waals surface area contributed by atoms with Crippen molar-refractivity contribution in [3.8, 4) is 0 Å². The quantitative estimate of drug-likeness (QED) is 0.674. The molecule has 16 heavy (non-hydrogen) atoms. The lowest BCUT2D eigenvalue weighted by atomic mass is 10.0. The molecule has 3 aliphatic heterocycles. The number of nitrogens with zero attached hydrogens (tertiary/aromatic N) is 2. The summed E-state index contributed by atoms with van der Waals surface area (Å²) in [5.41, 5.74) is 0. The van der Waals surface area contributed by atoms with Gasteiger partial charge in [-0.3, -0.25) is 9.69 Å². The normalized spacial score (nSPS) is 40.4. The number of nitrogens with one attached hydrogen (secondary N) is 1. The summed E-state index contributed by atoms with van der Waals surface area (Å²) >= 11 is 0. The fraction of sp³-hybridized carbons (Fsp3) is 0.917. The molecule has 0 radical (unpaired) electrons. The molecule has 3 atom stereocenters. The minimum Gasteiger partial charge on any atom is -0.337 e. The Hall–Kier alpha value is -0.610. The molecule has 1 N–H and O–H groups in total. The van der Waals surface area contributed by atoms with E-state index in [4.69, 9.17) is 0 Å². The van der Waals surface area contributed by atoms with Crippen LogP contribution in [0, 0.1) is 5.92 Å². The van der Waals surface area contributed by atoms with Crippen molar-refractivity contribution in [1.82, 2.24) is 15.1 Å². The van der Waals surface area contributed by atoms with Gasteiger partial charge >= 0.3 is 0 Å². The van der Waals surface area contributed by atoms with E-state index in [1.54, 1.807) is 0 Å². The first-order valence-corrected chi connectivity index (χ1v) is 6.50. The van der Waals surface area contributed by atoms with Crippen LogP contribution in [0.4, 0.5) is 0 Å². The summed E-state index contributed by atoms with van der Waals surface area (Å²) < 4.78 is 0. The molecular formula is C12H21N3O. The zero-order valence-corrected chi connectivity index (χ0v) is 9.98. The molecule has 4 nitrogen and oxygen atoms in total. The lowest BCUT2D eigenvalue weighted by molar-refractivity contribution is -0.131. The molecule has 0 saturated carbocycles. The zero-order valence-electron chi connectivity index (χ0n) is 9.98. The maximum atomic E-state index is 11.6. The number of carbonyl (C=O) groups excluding carboxylic acids is 1. The Morgan fingerprint density at radius 3 is 2.94 bits per heavy atom. The van der Waals surface area contributed by atoms with Crippen molar-refractivity contribution in [3.05, 3.63) is 0 Å². The molecule has 3 saturated heterocycles. The van der Waals surface area contributed by atoms with E-state index in [1.807, 2.05) is 0 Å².